The smallest absolute Gasteiger partial charge is 0.272 e. The zero-order valence-corrected chi connectivity index (χ0v) is 33.6. The number of halogens is 6. The number of anilines is 1. The molecule has 59 heavy (non-hydrogen) atoms. The molecule has 4 aliphatic carbocycles. The van der Waals surface area contributed by atoms with Crippen molar-refractivity contribution in [1.82, 2.24) is 4.90 Å². The topological polar surface area (TPSA) is 74.8 Å². The maximum Gasteiger partial charge on any atom is 0.411 e. The van der Waals surface area contributed by atoms with E-state index in [1.54, 1.807) is 6.92 Å². The average Bonchev–Trinajstić information content (AvgIpc) is 3.56. The van der Waals surface area contributed by atoms with E-state index in [2.05, 4.69) is 26.8 Å². The minimum atomic E-state index is -6.06. The standard InChI is InChI=1S/C47H42F6N2O4/c1-20(2)54-41(56)30-14-12-26(18-32(30)43(54)58)45(46(48,49)50,47(51,52)53)27-13-15-31-33(19-27)44(59)55(42(31)57)40-22(4)17-35-37(25(40)7)39-29-11-9-8-10-28(29)38(35)34-16-21(3)23(5)24(6)36(34)39/h12-20,28-29,38-39H,8-11H2,1-7H3. The second-order valence-corrected chi connectivity index (χ2v) is 17.5. The van der Waals surface area contributed by atoms with Crippen LogP contribution >= 0.6 is 0 Å². The van der Waals surface area contributed by atoms with Crippen LogP contribution in [0.25, 0.3) is 0 Å². The van der Waals surface area contributed by atoms with Crippen LogP contribution in [0.2, 0.25) is 0 Å². The van der Waals surface area contributed by atoms with Gasteiger partial charge in [0, 0.05) is 17.9 Å². The van der Waals surface area contributed by atoms with Crippen LogP contribution in [0.5, 0.6) is 0 Å². The molecule has 2 aliphatic heterocycles. The predicted molar refractivity (Wildman–Crippen MR) is 208 cm³/mol. The van der Waals surface area contributed by atoms with Gasteiger partial charge in [-0.2, -0.15) is 26.3 Å². The molecule has 6 aliphatic rings. The van der Waals surface area contributed by atoms with Gasteiger partial charge in [-0.25, -0.2) is 4.90 Å². The highest BCUT2D eigenvalue weighted by molar-refractivity contribution is 6.35. The molecular weight excluding hydrogens is 771 g/mol. The first-order valence-electron chi connectivity index (χ1n) is 20.1. The van der Waals surface area contributed by atoms with Gasteiger partial charge >= 0.3 is 12.4 Å². The quantitative estimate of drug-likeness (QED) is 0.152. The largest absolute Gasteiger partial charge is 0.411 e. The van der Waals surface area contributed by atoms with Crippen molar-refractivity contribution in [3.8, 4) is 0 Å². The van der Waals surface area contributed by atoms with Crippen molar-refractivity contribution in [3.63, 3.8) is 0 Å². The van der Waals surface area contributed by atoms with E-state index in [0.717, 1.165) is 58.7 Å². The zero-order chi connectivity index (χ0) is 42.6. The Morgan fingerprint density at radius 2 is 1.02 bits per heavy atom. The molecule has 0 N–H and O–H groups in total. The molecule has 4 atom stereocenters. The number of rotatable bonds is 4. The Bertz CT molecular complexity index is 2590. The zero-order valence-electron chi connectivity index (χ0n) is 33.6. The number of imide groups is 2. The van der Waals surface area contributed by atoms with E-state index in [4.69, 9.17) is 0 Å². The number of carbonyl (C=O) groups excluding carboxylic acids is 4. The van der Waals surface area contributed by atoms with E-state index in [1.165, 1.54) is 41.7 Å². The Labute approximate surface area is 337 Å². The highest BCUT2D eigenvalue weighted by Gasteiger charge is 2.73. The number of hydrogen-bond acceptors (Lipinski definition) is 4. The van der Waals surface area contributed by atoms with Gasteiger partial charge < -0.3 is 0 Å². The molecule has 306 valence electrons. The van der Waals surface area contributed by atoms with Crippen molar-refractivity contribution in [1.29, 1.82) is 0 Å². The SMILES string of the molecule is Cc1cc2c(c(C)c1C)C1c3c(cc(C)c(N4C(=O)c5ccc(C(c6ccc7c(c6)C(=O)N(C(C)C)C7=O)(C(F)(F)F)C(F)(F)F)cc5C4=O)c3C)C2C2CCCCC12. The van der Waals surface area contributed by atoms with Gasteiger partial charge in [0.2, 0.25) is 5.41 Å². The fourth-order valence-electron chi connectivity index (χ4n) is 11.7. The molecule has 0 aromatic heterocycles. The summed E-state index contributed by atoms with van der Waals surface area (Å²) in [5.74, 6) is -2.84. The third kappa shape index (κ3) is 4.94. The molecule has 1 saturated carbocycles. The Kier molecular flexibility index (Phi) is 8.39. The summed E-state index contributed by atoms with van der Waals surface area (Å²) in [6.07, 6.45) is -7.78. The van der Waals surface area contributed by atoms with Gasteiger partial charge in [-0.1, -0.05) is 37.1 Å². The number of alkyl halides is 6. The summed E-state index contributed by atoms with van der Waals surface area (Å²) < 4.78 is 92.6. The van der Waals surface area contributed by atoms with Gasteiger partial charge in [-0.3, -0.25) is 24.1 Å². The fraction of sp³-hybridized carbons (Fsp3) is 0.404. The summed E-state index contributed by atoms with van der Waals surface area (Å²) in [6, 6.07) is 7.39. The van der Waals surface area contributed by atoms with Crippen LogP contribution in [-0.2, 0) is 5.41 Å². The third-order valence-corrected chi connectivity index (χ3v) is 14.3. The maximum absolute atomic E-state index is 15.4. The molecule has 0 radical (unpaired) electrons. The van der Waals surface area contributed by atoms with E-state index in [0.29, 0.717) is 47.2 Å². The maximum atomic E-state index is 15.4. The molecule has 4 aromatic rings. The molecule has 1 fully saturated rings. The van der Waals surface area contributed by atoms with E-state index >= 15 is 26.3 Å². The van der Waals surface area contributed by atoms with Gasteiger partial charge in [0.15, 0.2) is 0 Å². The number of fused-ring (bicyclic) bond motifs is 2. The van der Waals surface area contributed by atoms with Crippen LogP contribution in [0.4, 0.5) is 32.0 Å². The number of aryl methyl sites for hydroxylation is 2. The molecule has 6 nitrogen and oxygen atoms in total. The van der Waals surface area contributed by atoms with Gasteiger partial charge in [0.25, 0.3) is 23.6 Å². The molecule has 4 amide bonds. The van der Waals surface area contributed by atoms with Gasteiger partial charge in [0.05, 0.1) is 27.9 Å². The number of benzene rings is 4. The van der Waals surface area contributed by atoms with Crippen molar-refractivity contribution in [2.75, 3.05) is 4.90 Å². The van der Waals surface area contributed by atoms with Crippen molar-refractivity contribution in [2.24, 2.45) is 11.8 Å². The first-order chi connectivity index (χ1) is 27.6. The molecule has 0 saturated heterocycles. The van der Waals surface area contributed by atoms with E-state index in [1.807, 2.05) is 13.0 Å². The summed E-state index contributed by atoms with van der Waals surface area (Å²) in [6.45, 7) is 13.0. The van der Waals surface area contributed by atoms with Crippen molar-refractivity contribution < 1.29 is 45.5 Å². The number of nitrogens with zero attached hydrogens (tertiary/aromatic N) is 2. The van der Waals surface area contributed by atoms with Crippen molar-refractivity contribution >= 4 is 29.3 Å². The first kappa shape index (κ1) is 39.2. The van der Waals surface area contributed by atoms with Gasteiger partial charge in [-0.15, -0.1) is 0 Å². The fourth-order valence-corrected chi connectivity index (χ4v) is 11.7. The predicted octanol–water partition coefficient (Wildman–Crippen LogP) is 10.8. The van der Waals surface area contributed by atoms with Crippen LogP contribution in [0, 0.1) is 46.5 Å². The third-order valence-electron chi connectivity index (χ3n) is 14.3. The Balaban J connectivity index is 1.19. The highest BCUT2D eigenvalue weighted by Crippen LogP contribution is 2.65. The molecule has 4 unspecified atom stereocenters. The Hall–Kier alpha value is -5.26. The van der Waals surface area contributed by atoms with Crippen molar-refractivity contribution in [3.05, 3.63) is 132 Å². The molecule has 10 rings (SSSR count). The van der Waals surface area contributed by atoms with E-state index < -0.39 is 69.7 Å². The highest BCUT2D eigenvalue weighted by atomic mass is 19.4. The first-order valence-corrected chi connectivity index (χ1v) is 20.1. The molecular formula is C47H42F6N2O4. The van der Waals surface area contributed by atoms with Gasteiger partial charge in [0.1, 0.15) is 0 Å². The summed E-state index contributed by atoms with van der Waals surface area (Å²) in [5, 5.41) is 0. The van der Waals surface area contributed by atoms with E-state index in [9.17, 15) is 19.2 Å². The molecule has 4 aromatic carbocycles. The lowest BCUT2D eigenvalue weighted by Crippen LogP contribution is -2.55. The van der Waals surface area contributed by atoms with Crippen LogP contribution < -0.4 is 4.90 Å². The summed E-state index contributed by atoms with van der Waals surface area (Å²) >= 11 is 0. The number of amides is 4. The molecule has 12 heteroatoms. The lowest BCUT2D eigenvalue weighted by Gasteiger charge is -2.54. The second-order valence-electron chi connectivity index (χ2n) is 17.5. The van der Waals surface area contributed by atoms with Crippen LogP contribution in [0.15, 0.2) is 48.5 Å². The van der Waals surface area contributed by atoms with Gasteiger partial charge in [-0.05, 0) is 159 Å². The lowest BCUT2D eigenvalue weighted by atomic mass is 9.49. The summed E-state index contributed by atoms with van der Waals surface area (Å²) in [7, 11) is 0. The normalized spacial score (nSPS) is 22.3. The minimum absolute atomic E-state index is 0.00274. The van der Waals surface area contributed by atoms with Crippen LogP contribution in [-0.4, -0.2) is 46.9 Å². The van der Waals surface area contributed by atoms with Crippen molar-refractivity contribution in [2.45, 2.75) is 110 Å². The van der Waals surface area contributed by atoms with Crippen LogP contribution in [0.1, 0.15) is 154 Å². The molecule has 2 heterocycles. The monoisotopic (exact) mass is 812 g/mol. The van der Waals surface area contributed by atoms with Crippen LogP contribution in [0.3, 0.4) is 0 Å². The number of carbonyl (C=O) groups is 4. The molecule has 0 spiro atoms. The Morgan fingerprint density at radius 1 is 0.559 bits per heavy atom. The Morgan fingerprint density at radius 3 is 1.56 bits per heavy atom. The summed E-state index contributed by atoms with van der Waals surface area (Å²) in [5.41, 5.74) is 0.749. The minimum Gasteiger partial charge on any atom is -0.272 e. The average molecular weight is 813 g/mol. The van der Waals surface area contributed by atoms with E-state index in [-0.39, 0.29) is 28.7 Å². The molecule has 2 bridgehead atoms. The summed E-state index contributed by atoms with van der Waals surface area (Å²) in [4.78, 5) is 56.6. The second kappa shape index (κ2) is 12.6. The number of hydrogen-bond donors (Lipinski definition) is 0. The lowest BCUT2D eigenvalue weighted by molar-refractivity contribution is -0.288.